The van der Waals surface area contributed by atoms with Crippen molar-refractivity contribution < 1.29 is 4.74 Å². The predicted octanol–water partition coefficient (Wildman–Crippen LogP) is 6.35. The first kappa shape index (κ1) is 25.8. The van der Waals surface area contributed by atoms with Gasteiger partial charge in [-0.2, -0.15) is 9.78 Å². The monoisotopic (exact) mass is 540 g/mol. The van der Waals surface area contributed by atoms with Crippen molar-refractivity contribution in [2.45, 2.75) is 58.4 Å². The third kappa shape index (κ3) is 5.54. The van der Waals surface area contributed by atoms with Crippen LogP contribution >= 0.6 is 23.2 Å². The molecule has 194 valence electrons. The maximum Gasteiger partial charge on any atom is 0.349 e. The summed E-state index contributed by atoms with van der Waals surface area (Å²) in [5.74, 6) is 1.51. The summed E-state index contributed by atoms with van der Waals surface area (Å²) in [7, 11) is 0. The summed E-state index contributed by atoms with van der Waals surface area (Å²) in [6.45, 7) is 4.96. The van der Waals surface area contributed by atoms with Crippen LogP contribution in [-0.2, 0) is 0 Å². The van der Waals surface area contributed by atoms with Crippen molar-refractivity contribution in [2.75, 3.05) is 6.54 Å². The maximum absolute atomic E-state index is 12.5. The van der Waals surface area contributed by atoms with Crippen LogP contribution < -0.4 is 21.3 Å². The van der Waals surface area contributed by atoms with Crippen molar-refractivity contribution in [3.05, 3.63) is 84.1 Å². The zero-order chi connectivity index (χ0) is 26.1. The third-order valence-electron chi connectivity index (χ3n) is 7.01. The highest BCUT2D eigenvalue weighted by Crippen LogP contribution is 2.42. The number of unbranched alkanes of at least 4 members (excludes halogenated alkanes) is 1. The van der Waals surface area contributed by atoms with Gasteiger partial charge in [-0.15, -0.1) is 0 Å². The van der Waals surface area contributed by atoms with Gasteiger partial charge in [0.2, 0.25) is 0 Å². The van der Waals surface area contributed by atoms with E-state index in [0.717, 1.165) is 17.5 Å². The lowest BCUT2D eigenvalue weighted by Crippen LogP contribution is -2.34. The molecule has 1 atom stereocenters. The Balaban J connectivity index is 1.47. The van der Waals surface area contributed by atoms with E-state index in [0.29, 0.717) is 29.6 Å². The lowest BCUT2D eigenvalue weighted by molar-refractivity contribution is 0.482. The molecule has 7 nitrogen and oxygen atoms in total. The molecule has 1 aliphatic heterocycles. The Bertz CT molecular complexity index is 1440. The number of aromatic amines is 1. The summed E-state index contributed by atoms with van der Waals surface area (Å²) in [4.78, 5) is 26.9. The minimum atomic E-state index is -0.670. The molecule has 5 rings (SSSR count). The average molecular weight is 541 g/mol. The second-order valence-electron chi connectivity index (χ2n) is 9.76. The normalized spacial score (nSPS) is 17.8. The Labute approximate surface area is 225 Å². The van der Waals surface area contributed by atoms with E-state index < -0.39 is 11.2 Å². The van der Waals surface area contributed by atoms with Crippen molar-refractivity contribution in [2.24, 2.45) is 5.92 Å². The molecule has 0 amide bonds. The number of nitrogens with zero attached hydrogens (tertiary/aromatic N) is 2. The first-order valence-corrected chi connectivity index (χ1v) is 13.6. The van der Waals surface area contributed by atoms with E-state index >= 15 is 0 Å². The zero-order valence-electron chi connectivity index (χ0n) is 20.9. The summed E-state index contributed by atoms with van der Waals surface area (Å²) in [5.41, 5.74) is 3.21. The lowest BCUT2D eigenvalue weighted by atomic mass is 9.87. The minimum absolute atomic E-state index is 0.166. The molecule has 1 aliphatic carbocycles. The van der Waals surface area contributed by atoms with Crippen molar-refractivity contribution >= 4 is 28.8 Å². The van der Waals surface area contributed by atoms with Gasteiger partial charge in [-0.1, -0.05) is 61.5 Å². The van der Waals surface area contributed by atoms with E-state index in [4.69, 9.17) is 27.9 Å². The van der Waals surface area contributed by atoms with Gasteiger partial charge >= 0.3 is 5.69 Å². The number of ether oxygens (including phenoxy) is 1. The first-order chi connectivity index (χ1) is 17.9. The molecule has 1 saturated heterocycles. The molecule has 9 heteroatoms. The Morgan fingerprint density at radius 2 is 1.86 bits per heavy atom. The number of rotatable bonds is 8. The van der Waals surface area contributed by atoms with Gasteiger partial charge in [-0.3, -0.25) is 9.78 Å². The topological polar surface area (TPSA) is 98.9 Å². The van der Waals surface area contributed by atoms with Crippen LogP contribution in [0.1, 0.15) is 68.3 Å². The molecule has 2 aromatic carbocycles. The molecule has 1 saturated carbocycles. The molecule has 3 aromatic rings. The van der Waals surface area contributed by atoms with Crippen LogP contribution in [0.15, 0.2) is 46.0 Å². The number of aryl methyl sites for hydroxylation is 1. The largest absolute Gasteiger partial charge is 0.454 e. The summed E-state index contributed by atoms with van der Waals surface area (Å²) in [6, 6.07) is 8.99. The number of H-pyrrole nitrogens is 1. The van der Waals surface area contributed by atoms with Crippen LogP contribution in [0.3, 0.4) is 0 Å². The van der Waals surface area contributed by atoms with Gasteiger partial charge in [0, 0.05) is 6.54 Å². The first-order valence-electron chi connectivity index (χ1n) is 12.8. The molecule has 2 N–H and O–H groups in total. The van der Waals surface area contributed by atoms with Crippen LogP contribution in [0.25, 0.3) is 11.3 Å². The number of allylic oxidation sites excluding steroid dienone is 2. The maximum atomic E-state index is 12.5. The average Bonchev–Trinajstić information content (AvgIpc) is 3.56. The zero-order valence-corrected chi connectivity index (χ0v) is 22.5. The van der Waals surface area contributed by atoms with Gasteiger partial charge in [0.15, 0.2) is 5.75 Å². The van der Waals surface area contributed by atoms with E-state index in [1.807, 2.05) is 6.07 Å². The third-order valence-corrected chi connectivity index (χ3v) is 7.57. The van der Waals surface area contributed by atoms with Gasteiger partial charge < -0.3 is 10.1 Å². The van der Waals surface area contributed by atoms with Crippen LogP contribution in [0, 0.1) is 12.8 Å². The Kier molecular flexibility index (Phi) is 7.56. The molecule has 0 spiro atoms. The highest BCUT2D eigenvalue weighted by atomic mass is 35.5. The predicted molar refractivity (Wildman–Crippen MR) is 147 cm³/mol. The fraction of sp³-hybridized carbons (Fsp3) is 0.393. The van der Waals surface area contributed by atoms with E-state index in [-0.39, 0.29) is 21.8 Å². The van der Waals surface area contributed by atoms with Crippen LogP contribution in [0.2, 0.25) is 10.0 Å². The van der Waals surface area contributed by atoms with Crippen LogP contribution in [-0.4, -0.2) is 21.3 Å². The van der Waals surface area contributed by atoms with Gasteiger partial charge in [0.1, 0.15) is 11.4 Å². The molecule has 37 heavy (non-hydrogen) atoms. The van der Waals surface area contributed by atoms with E-state index in [1.165, 1.54) is 42.4 Å². The van der Waals surface area contributed by atoms with E-state index in [1.54, 1.807) is 12.1 Å². The summed E-state index contributed by atoms with van der Waals surface area (Å²) >= 11 is 13.2. The van der Waals surface area contributed by atoms with Crippen molar-refractivity contribution in [3.63, 3.8) is 0 Å². The molecule has 2 fully saturated rings. The van der Waals surface area contributed by atoms with Crippen molar-refractivity contribution in [3.8, 4) is 17.2 Å². The summed E-state index contributed by atoms with van der Waals surface area (Å²) in [6.07, 6.45) is 9.52. The molecule has 2 aliphatic rings. The highest BCUT2D eigenvalue weighted by molar-refractivity contribution is 6.37. The van der Waals surface area contributed by atoms with Crippen LogP contribution in [0.4, 0.5) is 0 Å². The fourth-order valence-electron chi connectivity index (χ4n) is 4.96. The number of hydrogen-bond acceptors (Lipinski definition) is 5. The molecule has 1 unspecified atom stereocenters. The van der Waals surface area contributed by atoms with Crippen LogP contribution in [0.5, 0.6) is 11.5 Å². The summed E-state index contributed by atoms with van der Waals surface area (Å²) < 4.78 is 7.29. The standard InChI is InChI=1S/C28H30Cl2N4O3/c1-3-4-9-20(17-7-5-6-8-17)21-14-19(11-10-16(21)2)37-26-22(29)12-18(13-23(26)30)34-28(36)32-27(35)25(33-34)24-15-31-24/h9-14,17,24,31H,3-8,15H2,1-2H3,(H,32,35,36)/b20-9-. The molecule has 1 aromatic heterocycles. The smallest absolute Gasteiger partial charge is 0.349 e. The second kappa shape index (κ2) is 10.9. The second-order valence-corrected chi connectivity index (χ2v) is 10.6. The number of halogens is 2. The SMILES string of the molecule is CCC/C=C(\c1cc(Oc2c(Cl)cc(-n3nc(C4CN4)c(=O)[nH]c3=O)cc2Cl)ccc1C)C1CCCC1. The Morgan fingerprint density at radius 1 is 1.16 bits per heavy atom. The Morgan fingerprint density at radius 3 is 2.51 bits per heavy atom. The quantitative estimate of drug-likeness (QED) is 0.324. The number of nitrogens with one attached hydrogen (secondary N) is 2. The van der Waals surface area contributed by atoms with Gasteiger partial charge in [0.05, 0.1) is 21.8 Å². The highest BCUT2D eigenvalue weighted by Gasteiger charge is 2.28. The Hall–Kier alpha value is -2.87. The number of aromatic nitrogens is 3. The van der Waals surface area contributed by atoms with E-state index in [2.05, 4.69) is 47.5 Å². The molecule has 0 bridgehead atoms. The van der Waals surface area contributed by atoms with Gasteiger partial charge in [-0.05, 0) is 73.1 Å². The number of hydrogen-bond donors (Lipinski definition) is 2. The minimum Gasteiger partial charge on any atom is -0.454 e. The fourth-order valence-corrected chi connectivity index (χ4v) is 5.51. The summed E-state index contributed by atoms with van der Waals surface area (Å²) in [5, 5.41) is 7.72. The van der Waals surface area contributed by atoms with E-state index in [9.17, 15) is 9.59 Å². The molecule has 2 heterocycles. The molecule has 0 radical (unpaired) electrons. The van der Waals surface area contributed by atoms with Gasteiger partial charge in [0.25, 0.3) is 5.56 Å². The van der Waals surface area contributed by atoms with Crippen molar-refractivity contribution in [1.82, 2.24) is 20.1 Å². The molecular formula is C28H30Cl2N4O3. The lowest BCUT2D eigenvalue weighted by Gasteiger charge is -2.19. The van der Waals surface area contributed by atoms with Crippen molar-refractivity contribution in [1.29, 1.82) is 0 Å². The molecular weight excluding hydrogens is 511 g/mol. The number of benzene rings is 2. The van der Waals surface area contributed by atoms with Gasteiger partial charge in [-0.25, -0.2) is 4.79 Å².